The quantitative estimate of drug-likeness (QED) is 0.197. The average Bonchev–Trinajstić information content (AvgIpc) is 2.82. The lowest BCUT2D eigenvalue weighted by Crippen LogP contribution is -2.36. The third kappa shape index (κ3) is 12.4. The lowest BCUT2D eigenvalue weighted by Gasteiger charge is -2.32. The van der Waals surface area contributed by atoms with Crippen LogP contribution in [-0.2, 0) is 9.47 Å². The van der Waals surface area contributed by atoms with E-state index < -0.39 is 6.16 Å². The minimum Gasteiger partial charge on any atom is -0.434 e. The van der Waals surface area contributed by atoms with Gasteiger partial charge in [0.15, 0.2) is 0 Å². The number of hydrogen-bond donors (Lipinski definition) is 0. The van der Waals surface area contributed by atoms with Crippen LogP contribution in [0.4, 0.5) is 4.79 Å². The van der Waals surface area contributed by atoms with Gasteiger partial charge in [0.1, 0.15) is 0 Å². The highest BCUT2D eigenvalue weighted by Gasteiger charge is 2.22. The van der Waals surface area contributed by atoms with Crippen LogP contribution in [0.15, 0.2) is 0 Å². The molecule has 0 atom stereocenters. The molecule has 2 rings (SSSR count). The maximum Gasteiger partial charge on any atom is 0.508 e. The van der Waals surface area contributed by atoms with Gasteiger partial charge in [-0.1, -0.05) is 65.2 Å². The first kappa shape index (κ1) is 27.4. The number of unbranched alkanes of at least 4 members (excludes halogenated alkanes) is 8. The van der Waals surface area contributed by atoms with Crippen LogP contribution in [0.3, 0.4) is 0 Å². The Labute approximate surface area is 198 Å². The minimum absolute atomic E-state index is 0.457. The van der Waals surface area contributed by atoms with E-state index in [0.29, 0.717) is 25.0 Å². The van der Waals surface area contributed by atoms with Gasteiger partial charge < -0.3 is 19.3 Å². The van der Waals surface area contributed by atoms with Crippen LogP contribution in [0.5, 0.6) is 0 Å². The number of ether oxygens (including phenoxy) is 2. The van der Waals surface area contributed by atoms with Crippen LogP contribution in [0.25, 0.3) is 0 Å². The van der Waals surface area contributed by atoms with Crippen molar-refractivity contribution in [2.24, 2.45) is 11.8 Å². The van der Waals surface area contributed by atoms with Crippen LogP contribution in [0.1, 0.15) is 104 Å². The Balaban J connectivity index is 1.43. The summed E-state index contributed by atoms with van der Waals surface area (Å²) in [5.41, 5.74) is 0. The van der Waals surface area contributed by atoms with Gasteiger partial charge in [0.25, 0.3) is 0 Å². The van der Waals surface area contributed by atoms with Crippen molar-refractivity contribution in [1.29, 1.82) is 0 Å². The third-order valence-corrected chi connectivity index (χ3v) is 7.44. The fraction of sp³-hybridized carbons (Fsp3) is 0.963. The lowest BCUT2D eigenvalue weighted by molar-refractivity contribution is 0.0189. The highest BCUT2D eigenvalue weighted by molar-refractivity contribution is 5.59. The first-order chi connectivity index (χ1) is 15.7. The molecule has 2 saturated heterocycles. The van der Waals surface area contributed by atoms with E-state index in [9.17, 15) is 4.79 Å². The van der Waals surface area contributed by atoms with Gasteiger partial charge >= 0.3 is 6.16 Å². The van der Waals surface area contributed by atoms with Crippen LogP contribution in [0, 0.1) is 11.8 Å². The molecule has 32 heavy (non-hydrogen) atoms. The third-order valence-electron chi connectivity index (χ3n) is 7.44. The van der Waals surface area contributed by atoms with Crippen LogP contribution in [-0.4, -0.2) is 68.4 Å². The molecule has 0 bridgehead atoms. The standard InChI is InChI=1S/C27H52N2O3/c1-3-5-7-9-11-17-28-19-13-25(14-20-28)23-31-27(30)32-24-26-15-21-29(22-16-26)18-12-10-8-6-4-2/h25-26H,3-24H2,1-2H3. The molecule has 0 amide bonds. The Hall–Kier alpha value is -0.810. The van der Waals surface area contributed by atoms with E-state index in [4.69, 9.17) is 9.47 Å². The van der Waals surface area contributed by atoms with Crippen molar-refractivity contribution in [3.05, 3.63) is 0 Å². The smallest absolute Gasteiger partial charge is 0.434 e. The molecule has 0 spiro atoms. The minimum atomic E-state index is -0.457. The first-order valence-electron chi connectivity index (χ1n) is 14.0. The zero-order valence-corrected chi connectivity index (χ0v) is 21.3. The number of hydrogen-bond acceptors (Lipinski definition) is 5. The SMILES string of the molecule is CCCCCCCN1CCC(COC(=O)OCC2CCN(CCCCCCC)CC2)CC1. The van der Waals surface area contributed by atoms with Gasteiger partial charge in [0.05, 0.1) is 13.2 Å². The number of nitrogens with zero attached hydrogens (tertiary/aromatic N) is 2. The van der Waals surface area contributed by atoms with Crippen molar-refractivity contribution in [3.8, 4) is 0 Å². The van der Waals surface area contributed by atoms with Crippen molar-refractivity contribution in [2.75, 3.05) is 52.5 Å². The topological polar surface area (TPSA) is 42.0 Å². The molecule has 2 aliphatic heterocycles. The Morgan fingerprint density at radius 1 is 0.625 bits per heavy atom. The molecule has 0 unspecified atom stereocenters. The van der Waals surface area contributed by atoms with E-state index in [0.717, 1.165) is 51.9 Å². The van der Waals surface area contributed by atoms with Gasteiger partial charge in [-0.2, -0.15) is 0 Å². The van der Waals surface area contributed by atoms with Gasteiger partial charge in [-0.05, 0) is 89.6 Å². The molecule has 0 aromatic carbocycles. The summed E-state index contributed by atoms with van der Waals surface area (Å²) in [6.45, 7) is 12.6. The van der Waals surface area contributed by atoms with Gasteiger partial charge in [-0.3, -0.25) is 0 Å². The summed E-state index contributed by atoms with van der Waals surface area (Å²) in [5.74, 6) is 0.999. The Morgan fingerprint density at radius 2 is 1.00 bits per heavy atom. The van der Waals surface area contributed by atoms with E-state index in [-0.39, 0.29) is 0 Å². The highest BCUT2D eigenvalue weighted by Crippen LogP contribution is 2.20. The largest absolute Gasteiger partial charge is 0.508 e. The molecular weight excluding hydrogens is 400 g/mol. The molecule has 0 N–H and O–H groups in total. The second kappa shape index (κ2) is 17.6. The summed E-state index contributed by atoms with van der Waals surface area (Å²) in [6.07, 6.45) is 17.6. The van der Waals surface area contributed by atoms with Crippen molar-refractivity contribution in [3.63, 3.8) is 0 Å². The maximum absolute atomic E-state index is 12.0. The molecule has 0 aliphatic carbocycles. The van der Waals surface area contributed by atoms with Crippen molar-refractivity contribution in [1.82, 2.24) is 9.80 Å². The summed E-state index contributed by atoms with van der Waals surface area (Å²) >= 11 is 0. The lowest BCUT2D eigenvalue weighted by atomic mass is 9.97. The fourth-order valence-electron chi connectivity index (χ4n) is 5.04. The van der Waals surface area contributed by atoms with Gasteiger partial charge in [0, 0.05) is 0 Å². The summed E-state index contributed by atoms with van der Waals surface area (Å²) in [5, 5.41) is 0. The van der Waals surface area contributed by atoms with E-state index >= 15 is 0 Å². The molecule has 0 aromatic rings. The summed E-state index contributed by atoms with van der Waals surface area (Å²) < 4.78 is 10.9. The average molecular weight is 453 g/mol. The number of carbonyl (C=O) groups excluding carboxylic acids is 1. The van der Waals surface area contributed by atoms with Crippen LogP contribution >= 0.6 is 0 Å². The van der Waals surface area contributed by atoms with Crippen molar-refractivity contribution < 1.29 is 14.3 Å². The number of piperidine rings is 2. The van der Waals surface area contributed by atoms with E-state index in [1.54, 1.807) is 0 Å². The molecule has 2 heterocycles. The molecule has 0 radical (unpaired) electrons. The zero-order chi connectivity index (χ0) is 22.9. The van der Waals surface area contributed by atoms with Crippen LogP contribution < -0.4 is 0 Å². The predicted molar refractivity (Wildman–Crippen MR) is 133 cm³/mol. The second-order valence-electron chi connectivity index (χ2n) is 10.3. The Bertz CT molecular complexity index is 418. The van der Waals surface area contributed by atoms with E-state index in [1.807, 2.05) is 0 Å². The molecule has 2 aliphatic rings. The molecule has 2 fully saturated rings. The normalized spacial score (nSPS) is 19.3. The van der Waals surface area contributed by atoms with Gasteiger partial charge in [0.2, 0.25) is 0 Å². The number of likely N-dealkylation sites (tertiary alicyclic amines) is 2. The van der Waals surface area contributed by atoms with Gasteiger partial charge in [-0.25, -0.2) is 4.79 Å². The molecule has 5 nitrogen and oxygen atoms in total. The molecule has 0 aromatic heterocycles. The zero-order valence-electron chi connectivity index (χ0n) is 21.3. The van der Waals surface area contributed by atoms with Crippen LogP contribution in [0.2, 0.25) is 0 Å². The van der Waals surface area contributed by atoms with E-state index in [1.165, 1.54) is 77.3 Å². The van der Waals surface area contributed by atoms with Crippen molar-refractivity contribution in [2.45, 2.75) is 104 Å². The van der Waals surface area contributed by atoms with Gasteiger partial charge in [-0.15, -0.1) is 0 Å². The molecule has 0 saturated carbocycles. The predicted octanol–water partition coefficient (Wildman–Crippen LogP) is 6.50. The summed E-state index contributed by atoms with van der Waals surface area (Å²) in [6, 6.07) is 0. The number of carbonyl (C=O) groups is 1. The molecule has 188 valence electrons. The number of rotatable bonds is 16. The Morgan fingerprint density at radius 3 is 1.38 bits per heavy atom. The maximum atomic E-state index is 12.0. The highest BCUT2D eigenvalue weighted by atomic mass is 16.7. The summed E-state index contributed by atoms with van der Waals surface area (Å²) in [7, 11) is 0. The summed E-state index contributed by atoms with van der Waals surface area (Å²) in [4.78, 5) is 17.2. The Kier molecular flexibility index (Phi) is 15.1. The second-order valence-corrected chi connectivity index (χ2v) is 10.3. The van der Waals surface area contributed by atoms with Crippen molar-refractivity contribution >= 4 is 6.16 Å². The fourth-order valence-corrected chi connectivity index (χ4v) is 5.04. The molecular formula is C27H52N2O3. The van der Waals surface area contributed by atoms with E-state index in [2.05, 4.69) is 23.6 Å². The first-order valence-corrected chi connectivity index (χ1v) is 14.0. The monoisotopic (exact) mass is 452 g/mol. The molecule has 5 heteroatoms.